The molecule has 0 N–H and O–H groups in total. The van der Waals surface area contributed by atoms with Crippen molar-refractivity contribution < 1.29 is 51.7 Å². The van der Waals surface area contributed by atoms with E-state index in [9.17, 15) is 0 Å². The summed E-state index contributed by atoms with van der Waals surface area (Å²) in [6.07, 6.45) is 0. The van der Waals surface area contributed by atoms with Crippen molar-refractivity contribution in [3.8, 4) is 0 Å². The molecule has 0 rings (SSSR count). The average Bonchev–Trinajstić information content (AvgIpc) is 0. The zero-order chi connectivity index (χ0) is 0. The molecule has 0 aromatic heterocycles. The Morgan fingerprint density at radius 1 is 0.400 bits per heavy atom. The maximum atomic E-state index is 0. The molecule has 24 valence electrons. The van der Waals surface area contributed by atoms with Crippen molar-refractivity contribution in [2.24, 2.45) is 0 Å². The van der Waals surface area contributed by atoms with Gasteiger partial charge in [0, 0.05) is 0 Å². The fourth-order valence-corrected chi connectivity index (χ4v) is 0. The summed E-state index contributed by atoms with van der Waals surface area (Å²) in [6.45, 7) is 0. The third kappa shape index (κ3) is 17.9. The minimum atomic E-state index is 0. The molecule has 0 heterocycles. The molecule has 0 radical (unpaired) electrons. The quantitative estimate of drug-likeness (QED) is 0.391. The van der Waals surface area contributed by atoms with Gasteiger partial charge in [0.2, 0.25) is 0 Å². The molecule has 0 saturated carbocycles. The van der Waals surface area contributed by atoms with E-state index in [2.05, 4.69) is 0 Å². The molecule has 0 nitrogen and oxygen atoms in total. The molecule has 0 spiro atoms. The Hall–Kier alpha value is 4.11. The van der Waals surface area contributed by atoms with Crippen LogP contribution in [0.5, 0.6) is 0 Å². The van der Waals surface area contributed by atoms with E-state index in [1.807, 2.05) is 0 Å². The monoisotopic (exact) mass is 480 g/mol. The number of rotatable bonds is 0. The van der Waals surface area contributed by atoms with Gasteiger partial charge in [-0.2, -0.15) is 0 Å². The molecule has 0 aliphatic rings. The molecule has 0 aliphatic carbocycles. The van der Waals surface area contributed by atoms with Crippen molar-refractivity contribution in [1.82, 2.24) is 0 Å². The first-order valence-electron chi connectivity index (χ1n) is 0. The van der Waals surface area contributed by atoms with Crippen LogP contribution >= 0.6 is 0 Å². The Balaban J connectivity index is 0. The average molecular weight is 473 g/mol. The number of hydrogen-bond donors (Lipinski definition) is 0. The summed E-state index contributed by atoms with van der Waals surface area (Å²) in [5.74, 6) is 0. The van der Waals surface area contributed by atoms with Gasteiger partial charge in [0.25, 0.3) is 0 Å². The summed E-state index contributed by atoms with van der Waals surface area (Å²) >= 11 is 0. The molecule has 0 amide bonds. The van der Waals surface area contributed by atoms with Crippen LogP contribution < -0.4 is 0 Å². The van der Waals surface area contributed by atoms with Gasteiger partial charge in [-0.25, -0.2) is 0 Å². The van der Waals surface area contributed by atoms with Crippen LogP contribution in [0.1, 0.15) is 0 Å². The normalized spacial score (nSPS) is 0. The Morgan fingerprint density at radius 2 is 0.400 bits per heavy atom. The van der Waals surface area contributed by atoms with Crippen LogP contribution in [0.25, 0.3) is 0 Å². The number of hydrogen-bond acceptors (Lipinski definition) is 0. The van der Waals surface area contributed by atoms with Crippen LogP contribution in [0.2, 0.25) is 0 Å². The third-order valence-electron chi connectivity index (χ3n) is 0. The largest absolute Gasteiger partial charge is 3.00 e. The topological polar surface area (TPSA) is 0 Å². The fraction of sp³-hybridized carbons (Fsp3) is 0. The molecule has 0 aliphatic heterocycles. The molecule has 0 aromatic rings. The fourth-order valence-electron chi connectivity index (χ4n) is 0. The maximum absolute atomic E-state index is 0. The second kappa shape index (κ2) is 24.3. The van der Waals surface area contributed by atoms with E-state index in [0.717, 1.165) is 0 Å². The van der Waals surface area contributed by atoms with Crippen LogP contribution in [0, 0.1) is 0 Å². The minimum absolute atomic E-state index is 0. The zero-order valence-corrected chi connectivity index (χ0v) is 13.0. The van der Waals surface area contributed by atoms with Crippen LogP contribution in [-0.4, -0.2) is 71.0 Å². The molecule has 5 heteroatoms. The summed E-state index contributed by atoms with van der Waals surface area (Å²) < 4.78 is 0. The van der Waals surface area contributed by atoms with Crippen molar-refractivity contribution in [1.29, 1.82) is 0 Å². The maximum Gasteiger partial charge on any atom is 3.00 e. The molecule has 0 fully saturated rings. The molecule has 0 aromatic carbocycles. The Bertz CT molecular complexity index is 4.85. The van der Waals surface area contributed by atoms with Crippen LogP contribution in [0.15, 0.2) is 0 Å². The summed E-state index contributed by atoms with van der Waals surface area (Å²) in [5, 5.41) is 0. The van der Waals surface area contributed by atoms with E-state index in [-0.39, 0.29) is 123 Å². The van der Waals surface area contributed by atoms with Gasteiger partial charge in [0.15, 0.2) is 0 Å². The van der Waals surface area contributed by atoms with Gasteiger partial charge < -0.3 is 71.0 Å². The van der Waals surface area contributed by atoms with Gasteiger partial charge in [-0.05, 0) is 0 Å². The van der Waals surface area contributed by atoms with Crippen LogP contribution in [-0.2, 0) is 51.7 Å². The van der Waals surface area contributed by atoms with Crippen LogP contribution in [0.3, 0.4) is 0 Å². The molecule has 5 heavy (non-hydrogen) atoms. The minimum Gasteiger partial charge on any atom is -2.00 e. The second-order valence-corrected chi connectivity index (χ2v) is 0. The Kier molecular flexibility index (Phi) is 172. The first-order valence-corrected chi connectivity index (χ1v) is 0. The van der Waals surface area contributed by atoms with E-state index < -0.39 is 0 Å². The first kappa shape index (κ1) is 35.5. The predicted molar refractivity (Wildman–Crippen MR) is 17.3 cm³/mol. The van der Waals surface area contributed by atoms with Crippen molar-refractivity contribution in [2.45, 2.75) is 0 Å². The SMILES string of the molecule is [Sc+3].[Sc+3].[Te-2].[Te-2].[Te-2]. The van der Waals surface area contributed by atoms with Gasteiger partial charge in [0.1, 0.15) is 0 Å². The molecule has 0 unspecified atom stereocenters. The summed E-state index contributed by atoms with van der Waals surface area (Å²) in [4.78, 5) is 0. The molecular formula is Sc2Te3. The molecule has 0 atom stereocenters. The second-order valence-electron chi connectivity index (χ2n) is 0. The van der Waals surface area contributed by atoms with E-state index in [4.69, 9.17) is 0 Å². The summed E-state index contributed by atoms with van der Waals surface area (Å²) in [7, 11) is 0. The standard InChI is InChI=1S/2Sc.3Te/q2*+3;3*-2. The molecule has 0 bridgehead atoms. The van der Waals surface area contributed by atoms with Gasteiger partial charge in [-0.3, -0.25) is 0 Å². The molecular weight excluding hydrogens is 473 g/mol. The van der Waals surface area contributed by atoms with Crippen molar-refractivity contribution in [3.63, 3.8) is 0 Å². The zero-order valence-electron chi connectivity index (χ0n) is 2.38. The van der Waals surface area contributed by atoms with Gasteiger partial charge in [-0.15, -0.1) is 0 Å². The van der Waals surface area contributed by atoms with Crippen molar-refractivity contribution in [3.05, 3.63) is 0 Å². The van der Waals surface area contributed by atoms with E-state index in [1.54, 1.807) is 0 Å². The van der Waals surface area contributed by atoms with Crippen molar-refractivity contribution in [2.75, 3.05) is 0 Å². The Labute approximate surface area is 120 Å². The summed E-state index contributed by atoms with van der Waals surface area (Å²) in [6, 6.07) is 0. The first-order chi connectivity index (χ1) is 0. The van der Waals surface area contributed by atoms with E-state index >= 15 is 0 Å². The van der Waals surface area contributed by atoms with E-state index in [1.165, 1.54) is 0 Å². The Morgan fingerprint density at radius 3 is 0.400 bits per heavy atom. The van der Waals surface area contributed by atoms with Gasteiger partial charge in [0.05, 0.1) is 0 Å². The van der Waals surface area contributed by atoms with Gasteiger partial charge >= 0.3 is 51.7 Å². The third-order valence-corrected chi connectivity index (χ3v) is 0. The van der Waals surface area contributed by atoms with Crippen molar-refractivity contribution >= 4 is 71.0 Å². The predicted octanol–water partition coefficient (Wildman–Crippen LogP) is -1.15. The smallest absolute Gasteiger partial charge is 2.00 e. The summed E-state index contributed by atoms with van der Waals surface area (Å²) in [5.41, 5.74) is 0. The molecule has 0 saturated heterocycles. The van der Waals surface area contributed by atoms with Gasteiger partial charge in [-0.1, -0.05) is 0 Å². The van der Waals surface area contributed by atoms with Crippen LogP contribution in [0.4, 0.5) is 0 Å². The van der Waals surface area contributed by atoms with E-state index in [0.29, 0.717) is 0 Å².